The first-order valence-corrected chi connectivity index (χ1v) is 9.27. The molecule has 1 aliphatic rings. The van der Waals surface area contributed by atoms with E-state index >= 15 is 0 Å². The smallest absolute Gasteiger partial charge is 0.310 e. The van der Waals surface area contributed by atoms with Crippen LogP contribution in [0, 0.1) is 5.41 Å². The van der Waals surface area contributed by atoms with Gasteiger partial charge in [-0.15, -0.1) is 24.0 Å². The number of fused-ring (bicyclic) bond motifs is 1. The van der Waals surface area contributed by atoms with Crippen LogP contribution in [0.2, 0.25) is 0 Å². The molecular weight excluding hydrogens is 360 g/mol. The number of rotatable bonds is 5. The molecule has 8 heteroatoms. The van der Waals surface area contributed by atoms with E-state index in [0.29, 0.717) is 18.2 Å². The topological polar surface area (TPSA) is 79.7 Å². The van der Waals surface area contributed by atoms with Gasteiger partial charge >= 0.3 is 5.97 Å². The lowest BCUT2D eigenvalue weighted by molar-refractivity contribution is -0.149. The maximum atomic E-state index is 12.1. The first-order valence-electron chi connectivity index (χ1n) is 8.00. The average molecular weight is 380 g/mol. The van der Waals surface area contributed by atoms with Gasteiger partial charge in [-0.3, -0.25) is 9.59 Å². The maximum absolute atomic E-state index is 12.1. The normalized spacial score (nSPS) is 16.8. The SMILES string of the molecule is CC(C)(C(=O)O)C(C(=O)S)c1nc2c(N3CCOCC3)cccc2s1. The van der Waals surface area contributed by atoms with Gasteiger partial charge in [0, 0.05) is 13.1 Å². The molecule has 3 rings (SSSR count). The number of hydrogen-bond donors (Lipinski definition) is 2. The molecule has 0 radical (unpaired) electrons. The minimum atomic E-state index is -1.29. The minimum Gasteiger partial charge on any atom is -0.481 e. The van der Waals surface area contributed by atoms with E-state index < -0.39 is 22.4 Å². The van der Waals surface area contributed by atoms with Crippen LogP contribution in [0.15, 0.2) is 18.2 Å². The molecule has 1 saturated heterocycles. The second-order valence-corrected chi connectivity index (χ2v) is 8.08. The van der Waals surface area contributed by atoms with Crippen molar-refractivity contribution in [1.29, 1.82) is 0 Å². The van der Waals surface area contributed by atoms with Gasteiger partial charge in [0.1, 0.15) is 10.5 Å². The van der Waals surface area contributed by atoms with Crippen molar-refractivity contribution in [3.05, 3.63) is 23.2 Å². The number of morpholine rings is 1. The highest BCUT2D eigenvalue weighted by Crippen LogP contribution is 2.42. The van der Waals surface area contributed by atoms with E-state index in [2.05, 4.69) is 22.5 Å². The molecule has 1 fully saturated rings. The van der Waals surface area contributed by atoms with Crippen molar-refractivity contribution in [3.8, 4) is 0 Å². The number of ether oxygens (including phenoxy) is 1. The van der Waals surface area contributed by atoms with Gasteiger partial charge in [0.05, 0.1) is 34.9 Å². The average Bonchev–Trinajstić information content (AvgIpc) is 2.97. The summed E-state index contributed by atoms with van der Waals surface area (Å²) in [5, 5.41) is 9.53. The number of carboxylic acid groups (broad SMARTS) is 1. The Labute approximate surface area is 155 Å². The molecule has 2 aromatic rings. The molecule has 134 valence electrons. The van der Waals surface area contributed by atoms with Crippen molar-refractivity contribution < 1.29 is 19.4 Å². The number of aliphatic carboxylic acids is 1. The van der Waals surface area contributed by atoms with E-state index in [1.807, 2.05) is 18.2 Å². The highest BCUT2D eigenvalue weighted by molar-refractivity contribution is 7.96. The summed E-state index contributed by atoms with van der Waals surface area (Å²) in [5.74, 6) is -1.95. The van der Waals surface area contributed by atoms with E-state index in [-0.39, 0.29) is 0 Å². The lowest BCUT2D eigenvalue weighted by atomic mass is 9.80. The Morgan fingerprint density at radius 2 is 2.04 bits per heavy atom. The van der Waals surface area contributed by atoms with Gasteiger partial charge in [-0.2, -0.15) is 0 Å². The molecule has 1 aliphatic heterocycles. The predicted octanol–water partition coefficient (Wildman–Crippen LogP) is 2.78. The van der Waals surface area contributed by atoms with Crippen molar-refractivity contribution >= 4 is 51.0 Å². The number of nitrogens with zero attached hydrogens (tertiary/aromatic N) is 2. The number of carbonyl (C=O) groups excluding carboxylic acids is 1. The Balaban J connectivity index is 2.08. The predicted molar refractivity (Wildman–Crippen MR) is 101 cm³/mol. The van der Waals surface area contributed by atoms with Gasteiger partial charge in [-0.25, -0.2) is 4.98 Å². The number of anilines is 1. The van der Waals surface area contributed by atoms with Gasteiger partial charge in [-0.05, 0) is 26.0 Å². The second kappa shape index (κ2) is 6.93. The van der Waals surface area contributed by atoms with Gasteiger partial charge < -0.3 is 14.7 Å². The van der Waals surface area contributed by atoms with Crippen molar-refractivity contribution in [2.45, 2.75) is 19.8 Å². The molecule has 1 aromatic carbocycles. The summed E-state index contributed by atoms with van der Waals surface area (Å²) in [4.78, 5) is 30.6. The van der Waals surface area contributed by atoms with Gasteiger partial charge in [0.25, 0.3) is 0 Å². The molecule has 0 bridgehead atoms. The Kier molecular flexibility index (Phi) is 5.04. The van der Waals surface area contributed by atoms with Crippen molar-refractivity contribution in [2.75, 3.05) is 31.2 Å². The molecule has 1 aromatic heterocycles. The molecule has 6 nitrogen and oxygen atoms in total. The zero-order chi connectivity index (χ0) is 18.2. The summed E-state index contributed by atoms with van der Waals surface area (Å²) in [6.45, 7) is 5.95. The molecular formula is C17H20N2O4S2. The molecule has 1 atom stereocenters. The van der Waals surface area contributed by atoms with Crippen LogP contribution < -0.4 is 4.90 Å². The largest absolute Gasteiger partial charge is 0.481 e. The number of carbonyl (C=O) groups is 2. The highest BCUT2D eigenvalue weighted by atomic mass is 32.1. The Morgan fingerprint density at radius 1 is 1.36 bits per heavy atom. The maximum Gasteiger partial charge on any atom is 0.310 e. The molecule has 2 heterocycles. The summed E-state index contributed by atoms with van der Waals surface area (Å²) in [6, 6.07) is 5.89. The van der Waals surface area contributed by atoms with Crippen molar-refractivity contribution in [3.63, 3.8) is 0 Å². The number of hydrogen-bond acceptors (Lipinski definition) is 6. The monoisotopic (exact) mass is 380 g/mol. The lowest BCUT2D eigenvalue weighted by Crippen LogP contribution is -2.36. The molecule has 0 spiro atoms. The molecule has 1 unspecified atom stereocenters. The first kappa shape index (κ1) is 18.2. The van der Waals surface area contributed by atoms with Crippen LogP contribution in [0.25, 0.3) is 10.2 Å². The fourth-order valence-corrected chi connectivity index (χ4v) is 4.79. The van der Waals surface area contributed by atoms with E-state index in [4.69, 9.17) is 4.74 Å². The lowest BCUT2D eigenvalue weighted by Gasteiger charge is -2.29. The zero-order valence-electron chi connectivity index (χ0n) is 14.1. The Hall–Kier alpha value is -1.64. The van der Waals surface area contributed by atoms with Gasteiger partial charge in [0.15, 0.2) is 5.12 Å². The van der Waals surface area contributed by atoms with E-state index in [1.165, 1.54) is 25.2 Å². The van der Waals surface area contributed by atoms with Crippen LogP contribution >= 0.6 is 24.0 Å². The summed E-state index contributed by atoms with van der Waals surface area (Å²) in [6.07, 6.45) is 0. The molecule has 0 amide bonds. The quantitative estimate of drug-likeness (QED) is 0.777. The summed E-state index contributed by atoms with van der Waals surface area (Å²) < 4.78 is 6.33. The zero-order valence-corrected chi connectivity index (χ0v) is 15.8. The van der Waals surface area contributed by atoms with Crippen LogP contribution in [0.1, 0.15) is 24.8 Å². The van der Waals surface area contributed by atoms with Crippen LogP contribution in [-0.4, -0.2) is 47.5 Å². The van der Waals surface area contributed by atoms with Crippen LogP contribution in [0.3, 0.4) is 0 Å². The molecule has 25 heavy (non-hydrogen) atoms. The molecule has 1 N–H and O–H groups in total. The summed E-state index contributed by atoms with van der Waals surface area (Å²) >= 11 is 5.29. The third kappa shape index (κ3) is 3.38. The summed E-state index contributed by atoms with van der Waals surface area (Å²) in [5.41, 5.74) is 0.498. The van der Waals surface area contributed by atoms with Gasteiger partial charge in [0.2, 0.25) is 0 Å². The fraction of sp³-hybridized carbons (Fsp3) is 0.471. The first-order chi connectivity index (χ1) is 11.8. The minimum absolute atomic E-state index is 0.487. The van der Waals surface area contributed by atoms with Crippen LogP contribution in [-0.2, 0) is 14.3 Å². The molecule has 0 aliphatic carbocycles. The number of thiol groups is 1. The fourth-order valence-electron chi connectivity index (χ4n) is 2.98. The third-order valence-electron chi connectivity index (χ3n) is 4.53. The Bertz CT molecular complexity index is 812. The van der Waals surface area contributed by atoms with Crippen LogP contribution in [0.5, 0.6) is 0 Å². The van der Waals surface area contributed by atoms with Crippen LogP contribution in [0.4, 0.5) is 5.69 Å². The number of benzene rings is 1. The standard InChI is InChI=1S/C17H20N2O4S2/c1-17(2,16(21)22)12(15(20)24)14-18-13-10(4-3-5-11(13)25-14)19-6-8-23-9-7-19/h3-5,12H,6-9H2,1-2H3,(H,20,24)(H,21,22). The van der Waals surface area contributed by atoms with E-state index in [0.717, 1.165) is 29.0 Å². The number of aromatic nitrogens is 1. The second-order valence-electron chi connectivity index (χ2n) is 6.57. The number of para-hydroxylation sites is 1. The van der Waals surface area contributed by atoms with Crippen molar-refractivity contribution in [1.82, 2.24) is 4.98 Å². The third-order valence-corrected chi connectivity index (χ3v) is 5.88. The van der Waals surface area contributed by atoms with E-state index in [1.54, 1.807) is 0 Å². The van der Waals surface area contributed by atoms with Gasteiger partial charge in [-0.1, -0.05) is 6.07 Å². The molecule has 0 saturated carbocycles. The highest BCUT2D eigenvalue weighted by Gasteiger charge is 2.43. The van der Waals surface area contributed by atoms with E-state index in [9.17, 15) is 14.7 Å². The number of carboxylic acids is 1. The van der Waals surface area contributed by atoms with Crippen molar-refractivity contribution in [2.24, 2.45) is 5.41 Å². The Morgan fingerprint density at radius 3 is 2.64 bits per heavy atom. The summed E-state index contributed by atoms with van der Waals surface area (Å²) in [7, 11) is 0. The number of thiazole rings is 1.